The molecule has 9 nitrogen and oxygen atoms in total. The fourth-order valence-electron chi connectivity index (χ4n) is 4.61. The van der Waals surface area contributed by atoms with Crippen LogP contribution >= 0.6 is 0 Å². The van der Waals surface area contributed by atoms with Crippen molar-refractivity contribution < 1.29 is 33.5 Å². The van der Waals surface area contributed by atoms with Gasteiger partial charge in [0.1, 0.15) is 11.7 Å². The number of aromatic nitrogens is 1. The van der Waals surface area contributed by atoms with E-state index in [9.17, 15) is 33.5 Å². The van der Waals surface area contributed by atoms with Gasteiger partial charge in [-0.2, -0.15) is 0 Å². The molecule has 1 aliphatic carbocycles. The van der Waals surface area contributed by atoms with Crippen LogP contribution in [0.25, 0.3) is 11.3 Å². The second-order valence-corrected chi connectivity index (χ2v) is 8.17. The van der Waals surface area contributed by atoms with E-state index < -0.39 is 35.5 Å². The van der Waals surface area contributed by atoms with Crippen molar-refractivity contribution in [3.63, 3.8) is 0 Å². The van der Waals surface area contributed by atoms with Crippen molar-refractivity contribution in [3.8, 4) is 11.3 Å². The molecule has 1 N–H and O–H groups in total. The third-order valence-corrected chi connectivity index (χ3v) is 6.19. The minimum Gasteiger partial charge on any atom is -0.481 e. The number of benzene rings is 1. The Labute approximate surface area is 188 Å². The number of aliphatic carboxylic acids is 1. The van der Waals surface area contributed by atoms with Gasteiger partial charge in [0.05, 0.1) is 12.1 Å². The minimum absolute atomic E-state index is 0.00261. The Balaban J connectivity index is 2.05. The molecular weight excluding hydrogens is 433 g/mol. The van der Waals surface area contributed by atoms with Crippen LogP contribution in [0.2, 0.25) is 0 Å². The van der Waals surface area contributed by atoms with Gasteiger partial charge in [0.25, 0.3) is 0 Å². The van der Waals surface area contributed by atoms with E-state index in [1.165, 1.54) is 38.4 Å². The normalized spacial score (nSPS) is 17.1. The molecule has 0 atom stereocenters. The molecule has 1 aliphatic heterocycles. The van der Waals surface area contributed by atoms with Crippen LogP contribution in [-0.2, 0) is 27.3 Å². The van der Waals surface area contributed by atoms with Crippen LogP contribution in [0, 0.1) is 5.82 Å². The van der Waals surface area contributed by atoms with Crippen molar-refractivity contribution in [2.75, 3.05) is 14.1 Å². The number of likely N-dealkylation sites (N-methyl/N-ethyl adjacent to an activating group) is 2. The van der Waals surface area contributed by atoms with Crippen LogP contribution in [0.3, 0.4) is 0 Å². The predicted molar refractivity (Wildman–Crippen MR) is 113 cm³/mol. The van der Waals surface area contributed by atoms with Crippen molar-refractivity contribution in [2.24, 2.45) is 0 Å². The van der Waals surface area contributed by atoms with Crippen LogP contribution < -0.4 is 0 Å². The second kappa shape index (κ2) is 8.27. The van der Waals surface area contributed by atoms with Gasteiger partial charge in [0, 0.05) is 43.9 Å². The molecule has 1 aromatic carbocycles. The molecule has 172 valence electrons. The third kappa shape index (κ3) is 3.61. The zero-order valence-electron chi connectivity index (χ0n) is 18.1. The highest BCUT2D eigenvalue weighted by Gasteiger charge is 2.48. The fraction of sp³-hybridized carbons (Fsp3) is 0.348. The fourth-order valence-corrected chi connectivity index (χ4v) is 4.61. The molecule has 0 spiro atoms. The molecule has 4 rings (SSSR count). The minimum atomic E-state index is -1.46. The van der Waals surface area contributed by atoms with Crippen molar-refractivity contribution in [3.05, 3.63) is 46.9 Å². The zero-order chi connectivity index (χ0) is 24.0. The molecule has 0 radical (unpaired) electrons. The summed E-state index contributed by atoms with van der Waals surface area (Å²) in [6.45, 7) is -0.00261. The van der Waals surface area contributed by atoms with E-state index in [4.69, 9.17) is 0 Å². The summed E-state index contributed by atoms with van der Waals surface area (Å²) >= 11 is 0. The Morgan fingerprint density at radius 1 is 1.03 bits per heavy atom. The number of carboxylic acid groups (broad SMARTS) is 1. The standard InChI is InChI=1S/C23H22FN3O6/c1-25-21(31)19(22(32)26(2)23(25)33)18-17-14(4-3-5-15(17)28)27(11-10-16(29)30)20(18)12-6-8-13(24)9-7-12/h6-9,19H,3-5,10-11H2,1-2H3,(H,29,30). The van der Waals surface area contributed by atoms with Gasteiger partial charge in [-0.1, -0.05) is 0 Å². The maximum atomic E-state index is 13.7. The maximum absolute atomic E-state index is 13.7. The van der Waals surface area contributed by atoms with E-state index in [0.717, 1.165) is 9.80 Å². The van der Waals surface area contributed by atoms with Gasteiger partial charge in [0.15, 0.2) is 5.78 Å². The molecule has 1 saturated heterocycles. The average molecular weight is 455 g/mol. The molecule has 1 fully saturated rings. The molecule has 2 aromatic rings. The van der Waals surface area contributed by atoms with Gasteiger partial charge in [-0.05, 0) is 42.7 Å². The van der Waals surface area contributed by atoms with E-state index in [1.54, 1.807) is 4.57 Å². The lowest BCUT2D eigenvalue weighted by Crippen LogP contribution is -2.56. The van der Waals surface area contributed by atoms with E-state index in [2.05, 4.69) is 0 Å². The number of amides is 4. The number of hydrogen-bond acceptors (Lipinski definition) is 5. The Morgan fingerprint density at radius 3 is 2.21 bits per heavy atom. The number of imide groups is 2. The van der Waals surface area contributed by atoms with Crippen molar-refractivity contribution >= 4 is 29.6 Å². The largest absolute Gasteiger partial charge is 0.481 e. The number of urea groups is 1. The molecule has 0 bridgehead atoms. The summed E-state index contributed by atoms with van der Waals surface area (Å²) in [4.78, 5) is 64.7. The number of hydrogen-bond donors (Lipinski definition) is 1. The lowest BCUT2D eigenvalue weighted by atomic mass is 9.84. The smallest absolute Gasteiger partial charge is 0.332 e. The lowest BCUT2D eigenvalue weighted by Gasteiger charge is -2.33. The SMILES string of the molecule is CN1C(=O)C(c2c3c(n(CCC(=O)O)c2-c2ccc(F)cc2)CCCC3=O)C(=O)N(C)C1=O. The molecule has 0 unspecified atom stereocenters. The Hall–Kier alpha value is -3.82. The summed E-state index contributed by atoms with van der Waals surface area (Å²) < 4.78 is 15.3. The van der Waals surface area contributed by atoms with Gasteiger partial charge in [0.2, 0.25) is 11.8 Å². The van der Waals surface area contributed by atoms with Gasteiger partial charge >= 0.3 is 12.0 Å². The first kappa shape index (κ1) is 22.4. The number of rotatable bonds is 5. The highest BCUT2D eigenvalue weighted by atomic mass is 19.1. The molecule has 10 heteroatoms. The highest BCUT2D eigenvalue weighted by Crippen LogP contribution is 2.42. The Bertz CT molecular complexity index is 1180. The second-order valence-electron chi connectivity index (χ2n) is 8.17. The zero-order valence-corrected chi connectivity index (χ0v) is 18.1. The quantitative estimate of drug-likeness (QED) is 0.692. The molecule has 2 heterocycles. The predicted octanol–water partition coefficient (Wildman–Crippen LogP) is 2.42. The van der Waals surface area contributed by atoms with Crippen molar-refractivity contribution in [2.45, 2.75) is 38.1 Å². The molecule has 0 saturated carbocycles. The van der Waals surface area contributed by atoms with Crippen molar-refractivity contribution in [1.82, 2.24) is 14.4 Å². The lowest BCUT2D eigenvalue weighted by molar-refractivity contribution is -0.143. The topological polar surface area (TPSA) is 117 Å². The average Bonchev–Trinajstić information content (AvgIpc) is 3.11. The van der Waals surface area contributed by atoms with Crippen LogP contribution in [0.5, 0.6) is 0 Å². The number of Topliss-reactive ketones (excluding diaryl/α,β-unsaturated/α-hetero) is 1. The van der Waals surface area contributed by atoms with Crippen LogP contribution in [0.15, 0.2) is 24.3 Å². The Morgan fingerprint density at radius 2 is 1.64 bits per heavy atom. The third-order valence-electron chi connectivity index (χ3n) is 6.19. The number of ketones is 1. The van der Waals surface area contributed by atoms with E-state index in [-0.39, 0.29) is 36.3 Å². The van der Waals surface area contributed by atoms with E-state index in [0.29, 0.717) is 29.8 Å². The van der Waals surface area contributed by atoms with Gasteiger partial charge in [-0.25, -0.2) is 9.18 Å². The number of nitrogens with zero attached hydrogens (tertiary/aromatic N) is 3. The summed E-state index contributed by atoms with van der Waals surface area (Å²) in [5.41, 5.74) is 1.66. The first-order chi connectivity index (χ1) is 15.6. The molecular formula is C23H22FN3O6. The van der Waals surface area contributed by atoms with Crippen molar-refractivity contribution in [1.29, 1.82) is 0 Å². The Kier molecular flexibility index (Phi) is 5.61. The first-order valence-corrected chi connectivity index (χ1v) is 10.5. The monoisotopic (exact) mass is 455 g/mol. The molecule has 2 aliphatic rings. The van der Waals surface area contributed by atoms with Gasteiger partial charge < -0.3 is 9.67 Å². The highest BCUT2D eigenvalue weighted by molar-refractivity contribution is 6.21. The summed E-state index contributed by atoms with van der Waals surface area (Å²) in [6, 6.07) is 4.55. The first-order valence-electron chi connectivity index (χ1n) is 10.5. The number of carbonyl (C=O) groups is 5. The van der Waals surface area contributed by atoms with E-state index in [1.807, 2.05) is 0 Å². The molecule has 4 amide bonds. The van der Waals surface area contributed by atoms with Crippen LogP contribution in [-0.4, -0.2) is 63.2 Å². The number of fused-ring (bicyclic) bond motifs is 1. The maximum Gasteiger partial charge on any atom is 0.332 e. The van der Waals surface area contributed by atoms with Gasteiger partial charge in [-0.3, -0.25) is 29.0 Å². The number of carbonyl (C=O) groups excluding carboxylic acids is 4. The van der Waals surface area contributed by atoms with Crippen LogP contribution in [0.1, 0.15) is 46.8 Å². The number of halogens is 1. The number of barbiturate groups is 1. The van der Waals surface area contributed by atoms with Crippen LogP contribution in [0.4, 0.5) is 9.18 Å². The summed E-state index contributed by atoms with van der Waals surface area (Å²) in [7, 11) is 2.52. The van der Waals surface area contributed by atoms with E-state index >= 15 is 0 Å². The summed E-state index contributed by atoms with van der Waals surface area (Å²) in [6.07, 6.45) is 0.948. The molecule has 33 heavy (non-hydrogen) atoms. The van der Waals surface area contributed by atoms with Gasteiger partial charge in [-0.15, -0.1) is 0 Å². The summed E-state index contributed by atoms with van der Waals surface area (Å²) in [5, 5.41) is 9.28. The summed E-state index contributed by atoms with van der Waals surface area (Å²) in [5.74, 6) is -4.82. The molecule has 1 aromatic heterocycles. The number of carboxylic acids is 1.